The second-order valence-corrected chi connectivity index (χ2v) is 9.00. The van der Waals surface area contributed by atoms with Gasteiger partial charge in [0.15, 0.2) is 0 Å². The summed E-state index contributed by atoms with van der Waals surface area (Å²) in [6, 6.07) is 9.32. The highest BCUT2D eigenvalue weighted by Crippen LogP contribution is 2.47. The molecular formula is C22H33ClN2O. The van der Waals surface area contributed by atoms with Gasteiger partial charge in [0.25, 0.3) is 0 Å². The van der Waals surface area contributed by atoms with Gasteiger partial charge in [0.05, 0.1) is 5.41 Å². The Kier molecular flexibility index (Phi) is 5.98. The van der Waals surface area contributed by atoms with Crippen LogP contribution in [-0.4, -0.2) is 46.9 Å². The summed E-state index contributed by atoms with van der Waals surface area (Å²) in [7, 11) is 0. The molecule has 2 atom stereocenters. The lowest BCUT2D eigenvalue weighted by Crippen LogP contribution is -2.45. The number of fused-ring (bicyclic) bond motifs is 1. The molecule has 2 heterocycles. The molecule has 3 nitrogen and oxygen atoms in total. The zero-order chi connectivity index (χ0) is 18.9. The number of carbonyl (C=O) groups is 1. The molecule has 3 rings (SSSR count). The van der Waals surface area contributed by atoms with E-state index in [2.05, 4.69) is 43.6 Å². The molecule has 2 aliphatic rings. The van der Waals surface area contributed by atoms with Crippen molar-refractivity contribution < 1.29 is 4.79 Å². The Morgan fingerprint density at radius 2 is 1.88 bits per heavy atom. The molecule has 2 unspecified atom stereocenters. The van der Waals surface area contributed by atoms with E-state index < -0.39 is 5.41 Å². The number of carbonyl (C=O) groups excluding carboxylic acids is 1. The van der Waals surface area contributed by atoms with E-state index in [1.807, 2.05) is 18.2 Å². The first-order valence-electron chi connectivity index (χ1n) is 10.2. The summed E-state index contributed by atoms with van der Waals surface area (Å²) in [6.45, 7) is 10.8. The topological polar surface area (TPSA) is 23.6 Å². The van der Waals surface area contributed by atoms with Gasteiger partial charge in [-0.1, -0.05) is 29.8 Å². The van der Waals surface area contributed by atoms with Crippen molar-refractivity contribution in [2.45, 2.75) is 83.3 Å². The normalized spacial score (nSPS) is 26.2. The van der Waals surface area contributed by atoms with Crippen molar-refractivity contribution in [3.05, 3.63) is 34.9 Å². The van der Waals surface area contributed by atoms with E-state index in [0.717, 1.165) is 49.4 Å². The molecule has 0 aliphatic carbocycles. The Morgan fingerprint density at radius 1 is 1.19 bits per heavy atom. The first kappa shape index (κ1) is 19.7. The minimum Gasteiger partial charge on any atom is -0.339 e. The van der Waals surface area contributed by atoms with Crippen LogP contribution in [0.15, 0.2) is 24.3 Å². The fourth-order valence-electron chi connectivity index (χ4n) is 5.10. The van der Waals surface area contributed by atoms with Gasteiger partial charge in [0.2, 0.25) is 5.91 Å². The zero-order valence-electron chi connectivity index (χ0n) is 16.7. The van der Waals surface area contributed by atoms with Crippen molar-refractivity contribution in [3.8, 4) is 0 Å². The lowest BCUT2D eigenvalue weighted by molar-refractivity contribution is -0.134. The maximum absolute atomic E-state index is 13.6. The number of amides is 1. The van der Waals surface area contributed by atoms with Gasteiger partial charge in [0, 0.05) is 36.2 Å². The molecule has 2 saturated heterocycles. The van der Waals surface area contributed by atoms with E-state index in [1.165, 1.54) is 6.42 Å². The van der Waals surface area contributed by atoms with Gasteiger partial charge in [-0.05, 0) is 71.4 Å². The fourth-order valence-corrected chi connectivity index (χ4v) is 5.41. The quantitative estimate of drug-likeness (QED) is 0.707. The van der Waals surface area contributed by atoms with Crippen molar-refractivity contribution in [1.82, 2.24) is 9.80 Å². The van der Waals surface area contributed by atoms with Gasteiger partial charge in [-0.2, -0.15) is 0 Å². The Bertz CT molecular complexity index is 637. The van der Waals surface area contributed by atoms with Crippen LogP contribution in [0.5, 0.6) is 0 Å². The number of halogens is 1. The molecule has 0 bridgehead atoms. The second kappa shape index (κ2) is 7.90. The summed E-state index contributed by atoms with van der Waals surface area (Å²) in [6.07, 6.45) is 5.26. The molecule has 4 heteroatoms. The van der Waals surface area contributed by atoms with Crippen molar-refractivity contribution in [1.29, 1.82) is 0 Å². The van der Waals surface area contributed by atoms with Crippen LogP contribution >= 0.6 is 11.6 Å². The number of piperidine rings is 1. The van der Waals surface area contributed by atoms with E-state index in [0.29, 0.717) is 24.0 Å². The highest BCUT2D eigenvalue weighted by atomic mass is 35.5. The smallest absolute Gasteiger partial charge is 0.233 e. The van der Waals surface area contributed by atoms with Crippen molar-refractivity contribution in [2.24, 2.45) is 0 Å². The third kappa shape index (κ3) is 3.53. The molecule has 1 aromatic rings. The van der Waals surface area contributed by atoms with Gasteiger partial charge in [-0.15, -0.1) is 0 Å². The number of rotatable bonds is 6. The van der Waals surface area contributed by atoms with Crippen LogP contribution in [0, 0.1) is 0 Å². The van der Waals surface area contributed by atoms with Crippen LogP contribution in [0.3, 0.4) is 0 Å². The number of hydrogen-bond acceptors (Lipinski definition) is 2. The molecule has 0 aromatic heterocycles. The summed E-state index contributed by atoms with van der Waals surface area (Å²) < 4.78 is 0. The molecule has 2 fully saturated rings. The summed E-state index contributed by atoms with van der Waals surface area (Å²) in [5.74, 6) is 0.308. The van der Waals surface area contributed by atoms with E-state index in [1.54, 1.807) is 0 Å². The van der Waals surface area contributed by atoms with E-state index in [4.69, 9.17) is 11.6 Å². The third-order valence-corrected chi connectivity index (χ3v) is 6.72. The average Bonchev–Trinajstić information content (AvgIpc) is 2.88. The Morgan fingerprint density at radius 3 is 2.50 bits per heavy atom. The van der Waals surface area contributed by atoms with Crippen LogP contribution in [0.2, 0.25) is 5.02 Å². The van der Waals surface area contributed by atoms with Gasteiger partial charge in [-0.25, -0.2) is 0 Å². The zero-order valence-corrected chi connectivity index (χ0v) is 17.4. The van der Waals surface area contributed by atoms with E-state index in [-0.39, 0.29) is 0 Å². The maximum Gasteiger partial charge on any atom is 0.233 e. The second-order valence-electron chi connectivity index (χ2n) is 8.59. The Labute approximate surface area is 163 Å². The molecule has 2 aliphatic heterocycles. The predicted octanol–water partition coefficient (Wildman–Crippen LogP) is 4.87. The van der Waals surface area contributed by atoms with Crippen LogP contribution in [-0.2, 0) is 10.2 Å². The molecule has 0 saturated carbocycles. The van der Waals surface area contributed by atoms with Crippen molar-refractivity contribution in [3.63, 3.8) is 0 Å². The lowest BCUT2D eigenvalue weighted by Gasteiger charge is -2.35. The van der Waals surface area contributed by atoms with Crippen LogP contribution in [0.25, 0.3) is 0 Å². The first-order chi connectivity index (χ1) is 12.4. The van der Waals surface area contributed by atoms with Gasteiger partial charge in [-0.3, -0.25) is 9.69 Å². The van der Waals surface area contributed by atoms with Crippen molar-refractivity contribution in [2.75, 3.05) is 13.1 Å². The molecule has 144 valence electrons. The fraction of sp³-hybridized carbons (Fsp3) is 0.682. The summed E-state index contributed by atoms with van der Waals surface area (Å²) in [5, 5.41) is 0.737. The maximum atomic E-state index is 13.6. The molecule has 1 aromatic carbocycles. The molecule has 0 radical (unpaired) electrons. The van der Waals surface area contributed by atoms with E-state index in [9.17, 15) is 4.79 Å². The van der Waals surface area contributed by atoms with Gasteiger partial charge in [0.1, 0.15) is 0 Å². The van der Waals surface area contributed by atoms with Crippen LogP contribution in [0.4, 0.5) is 0 Å². The van der Waals surface area contributed by atoms with Gasteiger partial charge < -0.3 is 4.90 Å². The van der Waals surface area contributed by atoms with Gasteiger partial charge >= 0.3 is 0 Å². The molecular weight excluding hydrogens is 344 g/mol. The highest BCUT2D eigenvalue weighted by molar-refractivity contribution is 6.31. The number of nitrogens with zero attached hydrogens (tertiary/aromatic N) is 2. The number of hydrogen-bond donors (Lipinski definition) is 0. The summed E-state index contributed by atoms with van der Waals surface area (Å²) in [4.78, 5) is 18.3. The minimum atomic E-state index is -0.463. The monoisotopic (exact) mass is 376 g/mol. The molecule has 1 amide bonds. The highest BCUT2D eigenvalue weighted by Gasteiger charge is 2.53. The Hall–Kier alpha value is -1.06. The van der Waals surface area contributed by atoms with Crippen molar-refractivity contribution >= 4 is 17.5 Å². The standard InChI is InChI=1S/C22H33ClN2O/c1-16(2)24(17(3)4)14-12-22(19-10-5-6-11-20(19)23)15-18-9-7-8-13-25(18)21(22)26/h5-6,10-11,16-18H,7-9,12-15H2,1-4H3. The number of benzene rings is 1. The largest absolute Gasteiger partial charge is 0.339 e. The predicted molar refractivity (Wildman–Crippen MR) is 109 cm³/mol. The summed E-state index contributed by atoms with van der Waals surface area (Å²) >= 11 is 6.61. The van der Waals surface area contributed by atoms with E-state index >= 15 is 0 Å². The minimum absolute atomic E-state index is 0.308. The van der Waals surface area contributed by atoms with Crippen LogP contribution in [0.1, 0.15) is 65.4 Å². The average molecular weight is 377 g/mol. The molecule has 26 heavy (non-hydrogen) atoms. The Balaban J connectivity index is 1.95. The molecule has 0 N–H and O–H groups in total. The SMILES string of the molecule is CC(C)N(CCC1(c2ccccc2Cl)CC2CCCCN2C1=O)C(C)C. The summed E-state index contributed by atoms with van der Waals surface area (Å²) in [5.41, 5.74) is 0.573. The first-order valence-corrected chi connectivity index (χ1v) is 10.6. The lowest BCUT2D eigenvalue weighted by atomic mass is 9.74. The van der Waals surface area contributed by atoms with Crippen LogP contribution < -0.4 is 0 Å². The molecule has 0 spiro atoms. The third-order valence-electron chi connectivity index (χ3n) is 6.39.